The second-order valence-electron chi connectivity index (χ2n) is 6.98. The number of halogens is 1. The van der Waals surface area contributed by atoms with Gasteiger partial charge >= 0.3 is 0 Å². The largest absolute Gasteiger partial charge is 0.331 e. The molecule has 2 atom stereocenters. The summed E-state index contributed by atoms with van der Waals surface area (Å²) in [6, 6.07) is 13.4. The Balaban J connectivity index is 1.87. The van der Waals surface area contributed by atoms with Gasteiger partial charge in [0.15, 0.2) is 6.04 Å². The topological polar surface area (TPSA) is 53.9 Å². The van der Waals surface area contributed by atoms with E-state index in [4.69, 9.17) is 0 Å². The molecule has 6 heteroatoms. The quantitative estimate of drug-likeness (QED) is 0.776. The predicted octanol–water partition coefficient (Wildman–Crippen LogP) is 1.63. The lowest BCUT2D eigenvalue weighted by atomic mass is 10.2. The van der Waals surface area contributed by atoms with E-state index in [0.717, 1.165) is 16.0 Å². The van der Waals surface area contributed by atoms with Gasteiger partial charge in [0.25, 0.3) is 5.91 Å². The first-order chi connectivity index (χ1) is 12.8. The SMILES string of the molecule is Cc1ccc(NC(=O)CN(C)C(=O)[C@@H](C)[NH+](C)Cc2ccc(F)cc2)cc1. The van der Waals surface area contributed by atoms with E-state index in [1.807, 2.05) is 45.2 Å². The van der Waals surface area contributed by atoms with Gasteiger partial charge < -0.3 is 15.1 Å². The molecular formula is C21H27FN3O2+. The van der Waals surface area contributed by atoms with E-state index in [1.54, 1.807) is 19.2 Å². The summed E-state index contributed by atoms with van der Waals surface area (Å²) in [5, 5.41) is 2.79. The van der Waals surface area contributed by atoms with Crippen molar-refractivity contribution < 1.29 is 18.9 Å². The second kappa shape index (κ2) is 9.28. The van der Waals surface area contributed by atoms with Crippen LogP contribution >= 0.6 is 0 Å². The van der Waals surface area contributed by atoms with Crippen LogP contribution in [0.2, 0.25) is 0 Å². The first kappa shape index (κ1) is 20.6. The van der Waals surface area contributed by atoms with Crippen molar-refractivity contribution in [2.24, 2.45) is 0 Å². The van der Waals surface area contributed by atoms with Gasteiger partial charge in [-0.2, -0.15) is 0 Å². The van der Waals surface area contributed by atoms with Gasteiger partial charge in [0, 0.05) is 18.3 Å². The highest BCUT2D eigenvalue weighted by molar-refractivity contribution is 5.94. The second-order valence-corrected chi connectivity index (χ2v) is 6.98. The molecule has 0 bridgehead atoms. The Hall–Kier alpha value is -2.73. The van der Waals surface area contributed by atoms with Crippen LogP contribution in [-0.4, -0.2) is 43.4 Å². The summed E-state index contributed by atoms with van der Waals surface area (Å²) in [6.45, 7) is 4.39. The fourth-order valence-electron chi connectivity index (χ4n) is 2.75. The highest BCUT2D eigenvalue weighted by Gasteiger charge is 2.26. The number of carbonyl (C=O) groups is 2. The monoisotopic (exact) mass is 372 g/mol. The van der Waals surface area contributed by atoms with Crippen LogP contribution in [0.1, 0.15) is 18.1 Å². The molecule has 144 valence electrons. The number of nitrogens with zero attached hydrogens (tertiary/aromatic N) is 1. The summed E-state index contributed by atoms with van der Waals surface area (Å²) in [7, 11) is 3.53. The number of quaternary nitrogens is 1. The average Bonchev–Trinajstić information content (AvgIpc) is 2.64. The maximum atomic E-state index is 13.0. The minimum atomic E-state index is -0.327. The standard InChI is InChI=1S/C21H26FN3O2/c1-15-5-11-19(12-6-15)23-20(26)14-25(4)21(27)16(2)24(3)13-17-7-9-18(22)10-8-17/h5-12,16H,13-14H2,1-4H3,(H,23,26)/p+1/t16-/m1/s1. The normalized spacial score (nSPS) is 12.9. The average molecular weight is 372 g/mol. The molecule has 0 aromatic heterocycles. The van der Waals surface area contributed by atoms with E-state index in [1.165, 1.54) is 17.0 Å². The summed E-state index contributed by atoms with van der Waals surface area (Å²) in [5.74, 6) is -0.633. The van der Waals surface area contributed by atoms with Crippen LogP contribution in [-0.2, 0) is 16.1 Å². The number of benzene rings is 2. The van der Waals surface area contributed by atoms with Crippen LogP contribution in [0, 0.1) is 12.7 Å². The molecular weight excluding hydrogens is 345 g/mol. The molecule has 2 rings (SSSR count). The minimum Gasteiger partial charge on any atom is -0.331 e. The fourth-order valence-corrected chi connectivity index (χ4v) is 2.75. The van der Waals surface area contributed by atoms with E-state index < -0.39 is 0 Å². The smallest absolute Gasteiger partial charge is 0.280 e. The molecule has 1 unspecified atom stereocenters. The lowest BCUT2D eigenvalue weighted by molar-refractivity contribution is -0.908. The molecule has 2 amide bonds. The molecule has 2 N–H and O–H groups in total. The van der Waals surface area contributed by atoms with Gasteiger partial charge in [0.1, 0.15) is 12.4 Å². The van der Waals surface area contributed by atoms with Crippen LogP contribution < -0.4 is 10.2 Å². The van der Waals surface area contributed by atoms with Crippen molar-refractivity contribution in [1.29, 1.82) is 0 Å². The molecule has 0 heterocycles. The Bertz CT molecular complexity index is 775. The van der Waals surface area contributed by atoms with Gasteiger partial charge in [0.05, 0.1) is 13.6 Å². The molecule has 0 saturated carbocycles. The summed E-state index contributed by atoms with van der Waals surface area (Å²) in [5.41, 5.74) is 2.77. The predicted molar refractivity (Wildman–Crippen MR) is 104 cm³/mol. The van der Waals surface area contributed by atoms with Crippen LogP contribution in [0.25, 0.3) is 0 Å². The third-order valence-corrected chi connectivity index (χ3v) is 4.60. The Morgan fingerprint density at radius 3 is 2.30 bits per heavy atom. The van der Waals surface area contributed by atoms with Gasteiger partial charge in [-0.15, -0.1) is 0 Å². The van der Waals surface area contributed by atoms with E-state index >= 15 is 0 Å². The third-order valence-electron chi connectivity index (χ3n) is 4.60. The molecule has 2 aromatic carbocycles. The summed E-state index contributed by atoms with van der Waals surface area (Å²) < 4.78 is 13.0. The maximum Gasteiger partial charge on any atom is 0.280 e. The first-order valence-corrected chi connectivity index (χ1v) is 8.94. The Morgan fingerprint density at radius 1 is 1.11 bits per heavy atom. The summed E-state index contributed by atoms with van der Waals surface area (Å²) in [6.07, 6.45) is 0. The van der Waals surface area contributed by atoms with Crippen molar-refractivity contribution in [2.75, 3.05) is 26.0 Å². The zero-order valence-electron chi connectivity index (χ0n) is 16.3. The van der Waals surface area contributed by atoms with Crippen molar-refractivity contribution in [3.05, 3.63) is 65.5 Å². The number of amides is 2. The van der Waals surface area contributed by atoms with E-state index in [9.17, 15) is 14.0 Å². The lowest BCUT2D eigenvalue weighted by Crippen LogP contribution is -3.12. The van der Waals surface area contributed by atoms with Crippen LogP contribution in [0.5, 0.6) is 0 Å². The summed E-state index contributed by atoms with van der Waals surface area (Å²) in [4.78, 5) is 27.2. The van der Waals surface area contributed by atoms with E-state index in [2.05, 4.69) is 5.32 Å². The van der Waals surface area contributed by atoms with Crippen molar-refractivity contribution in [3.63, 3.8) is 0 Å². The van der Waals surface area contributed by atoms with Crippen LogP contribution in [0.15, 0.2) is 48.5 Å². The van der Waals surface area contributed by atoms with E-state index in [-0.39, 0.29) is 30.2 Å². The molecule has 27 heavy (non-hydrogen) atoms. The van der Waals surface area contributed by atoms with Gasteiger partial charge in [0.2, 0.25) is 5.91 Å². The van der Waals surface area contributed by atoms with Crippen molar-refractivity contribution in [2.45, 2.75) is 26.4 Å². The zero-order valence-corrected chi connectivity index (χ0v) is 16.3. The number of likely N-dealkylation sites (N-methyl/N-ethyl adjacent to an activating group) is 2. The molecule has 0 aliphatic rings. The number of anilines is 1. The number of hydrogen-bond acceptors (Lipinski definition) is 2. The lowest BCUT2D eigenvalue weighted by Gasteiger charge is -2.25. The van der Waals surface area contributed by atoms with Gasteiger partial charge in [-0.05, 0) is 38.1 Å². The molecule has 2 aromatic rings. The minimum absolute atomic E-state index is 0.0130. The molecule has 0 spiro atoms. The third kappa shape index (κ3) is 6.18. The summed E-state index contributed by atoms with van der Waals surface area (Å²) >= 11 is 0. The number of hydrogen-bond donors (Lipinski definition) is 2. The van der Waals surface area contributed by atoms with Crippen molar-refractivity contribution in [1.82, 2.24) is 4.90 Å². The highest BCUT2D eigenvalue weighted by Crippen LogP contribution is 2.08. The first-order valence-electron chi connectivity index (χ1n) is 8.94. The van der Waals surface area contributed by atoms with Gasteiger partial charge in [-0.25, -0.2) is 4.39 Å². The maximum absolute atomic E-state index is 13.0. The molecule has 0 fully saturated rings. The van der Waals surface area contributed by atoms with Crippen molar-refractivity contribution in [3.8, 4) is 0 Å². The molecule has 0 aliphatic carbocycles. The Morgan fingerprint density at radius 2 is 1.70 bits per heavy atom. The fraction of sp³-hybridized carbons (Fsp3) is 0.333. The molecule has 0 aliphatic heterocycles. The number of aryl methyl sites for hydroxylation is 1. The van der Waals surface area contributed by atoms with Crippen molar-refractivity contribution >= 4 is 17.5 Å². The zero-order chi connectivity index (χ0) is 20.0. The number of rotatable bonds is 7. The Labute approximate surface area is 159 Å². The highest BCUT2D eigenvalue weighted by atomic mass is 19.1. The molecule has 5 nitrogen and oxygen atoms in total. The molecule has 0 radical (unpaired) electrons. The Kier molecular flexibility index (Phi) is 7.07. The number of carbonyl (C=O) groups excluding carboxylic acids is 2. The van der Waals surface area contributed by atoms with Crippen LogP contribution in [0.4, 0.5) is 10.1 Å². The van der Waals surface area contributed by atoms with Gasteiger partial charge in [-0.3, -0.25) is 9.59 Å². The van der Waals surface area contributed by atoms with Crippen LogP contribution in [0.3, 0.4) is 0 Å². The molecule has 0 saturated heterocycles. The van der Waals surface area contributed by atoms with E-state index in [0.29, 0.717) is 12.2 Å². The number of nitrogens with one attached hydrogen (secondary N) is 2. The van der Waals surface area contributed by atoms with Gasteiger partial charge in [-0.1, -0.05) is 29.8 Å².